The molecule has 0 atom stereocenters. The Kier molecular flexibility index (Phi) is 5.74. The molecule has 0 aliphatic rings. The molecule has 1 heterocycles. The first-order chi connectivity index (χ1) is 13.5. The highest BCUT2D eigenvalue weighted by Crippen LogP contribution is 2.33. The number of benzene rings is 2. The van der Waals surface area contributed by atoms with Crippen LogP contribution in [0.15, 0.2) is 54.9 Å². The summed E-state index contributed by atoms with van der Waals surface area (Å²) in [5.74, 6) is 1.07. The zero-order valence-corrected chi connectivity index (χ0v) is 16.2. The van der Waals surface area contributed by atoms with Gasteiger partial charge in [-0.3, -0.25) is 4.79 Å². The minimum absolute atomic E-state index is 0.110. The van der Waals surface area contributed by atoms with E-state index in [9.17, 15) is 4.79 Å². The number of nitrogen functional groups attached to an aromatic ring is 1. The van der Waals surface area contributed by atoms with Crippen molar-refractivity contribution in [3.8, 4) is 0 Å². The van der Waals surface area contributed by atoms with Crippen molar-refractivity contribution in [3.63, 3.8) is 0 Å². The van der Waals surface area contributed by atoms with Gasteiger partial charge in [0.2, 0.25) is 5.91 Å². The molecular formula is C21H24N6O. The molecule has 144 valence electrons. The Labute approximate surface area is 164 Å². The highest BCUT2D eigenvalue weighted by molar-refractivity contribution is 5.89. The van der Waals surface area contributed by atoms with E-state index in [1.54, 1.807) is 0 Å². The summed E-state index contributed by atoms with van der Waals surface area (Å²) in [6, 6.07) is 15.5. The number of carbonyl (C=O) groups is 1. The number of amides is 1. The fraction of sp³-hybridized carbons (Fsp3) is 0.190. The van der Waals surface area contributed by atoms with Gasteiger partial charge in [0, 0.05) is 30.5 Å². The summed E-state index contributed by atoms with van der Waals surface area (Å²) < 4.78 is 0. The lowest BCUT2D eigenvalue weighted by Crippen LogP contribution is -2.20. The van der Waals surface area contributed by atoms with Gasteiger partial charge in [-0.2, -0.15) is 0 Å². The van der Waals surface area contributed by atoms with Gasteiger partial charge in [-0.05, 0) is 55.8 Å². The number of hydrogen-bond acceptors (Lipinski definition) is 6. The van der Waals surface area contributed by atoms with Crippen molar-refractivity contribution in [3.05, 3.63) is 60.4 Å². The second-order valence-corrected chi connectivity index (χ2v) is 6.43. The number of aryl methyl sites for hydroxylation is 1. The molecule has 0 aliphatic heterocycles. The minimum Gasteiger partial charge on any atom is -0.393 e. The smallest absolute Gasteiger partial charge is 0.221 e. The Hall–Kier alpha value is -3.61. The van der Waals surface area contributed by atoms with Crippen LogP contribution in [0, 0.1) is 6.92 Å². The van der Waals surface area contributed by atoms with Gasteiger partial charge < -0.3 is 21.3 Å². The quantitative estimate of drug-likeness (QED) is 0.596. The molecule has 0 fully saturated rings. The summed E-state index contributed by atoms with van der Waals surface area (Å²) in [5.41, 5.74) is 10.6. The zero-order chi connectivity index (χ0) is 20.1. The SMILES string of the molecule is CCN(c1cccc(C)c1)c1ncnc(Nc2ccc(NC(C)=O)cc2)c1N. The van der Waals surface area contributed by atoms with Crippen LogP contribution >= 0.6 is 0 Å². The van der Waals surface area contributed by atoms with E-state index in [2.05, 4.69) is 51.5 Å². The largest absolute Gasteiger partial charge is 0.393 e. The molecule has 0 saturated carbocycles. The van der Waals surface area contributed by atoms with Crippen molar-refractivity contribution >= 4 is 40.3 Å². The van der Waals surface area contributed by atoms with Crippen LogP contribution in [0.5, 0.6) is 0 Å². The van der Waals surface area contributed by atoms with Gasteiger partial charge in [0.1, 0.15) is 12.0 Å². The van der Waals surface area contributed by atoms with E-state index in [4.69, 9.17) is 5.73 Å². The number of aromatic nitrogens is 2. The predicted molar refractivity (Wildman–Crippen MR) is 114 cm³/mol. The highest BCUT2D eigenvalue weighted by atomic mass is 16.1. The van der Waals surface area contributed by atoms with E-state index in [0.29, 0.717) is 17.3 Å². The molecule has 3 aromatic rings. The molecule has 7 heteroatoms. The normalized spacial score (nSPS) is 10.4. The number of nitrogens with two attached hydrogens (primary N) is 1. The zero-order valence-electron chi connectivity index (χ0n) is 16.2. The van der Waals surface area contributed by atoms with E-state index < -0.39 is 0 Å². The second kappa shape index (κ2) is 8.39. The van der Waals surface area contributed by atoms with Crippen LogP contribution in [0.4, 0.5) is 34.4 Å². The van der Waals surface area contributed by atoms with Crippen molar-refractivity contribution in [1.29, 1.82) is 0 Å². The van der Waals surface area contributed by atoms with Crippen molar-refractivity contribution in [2.75, 3.05) is 27.8 Å². The number of hydrogen-bond donors (Lipinski definition) is 3. The fourth-order valence-corrected chi connectivity index (χ4v) is 2.93. The Morgan fingerprint density at radius 3 is 2.46 bits per heavy atom. The van der Waals surface area contributed by atoms with Crippen LogP contribution in [-0.2, 0) is 4.79 Å². The molecule has 0 radical (unpaired) electrons. The van der Waals surface area contributed by atoms with Crippen LogP contribution in [0.25, 0.3) is 0 Å². The van der Waals surface area contributed by atoms with Crippen molar-refractivity contribution < 1.29 is 4.79 Å². The summed E-state index contributed by atoms with van der Waals surface area (Å²) >= 11 is 0. The lowest BCUT2D eigenvalue weighted by molar-refractivity contribution is -0.114. The van der Waals surface area contributed by atoms with E-state index >= 15 is 0 Å². The van der Waals surface area contributed by atoms with Crippen LogP contribution in [0.2, 0.25) is 0 Å². The van der Waals surface area contributed by atoms with Gasteiger partial charge in [0.25, 0.3) is 0 Å². The first-order valence-electron chi connectivity index (χ1n) is 9.07. The summed E-state index contributed by atoms with van der Waals surface area (Å²) in [7, 11) is 0. The molecule has 0 bridgehead atoms. The summed E-state index contributed by atoms with van der Waals surface area (Å²) in [6.07, 6.45) is 1.50. The predicted octanol–water partition coefficient (Wildman–Crippen LogP) is 4.23. The molecule has 2 aromatic carbocycles. The fourth-order valence-electron chi connectivity index (χ4n) is 2.93. The van der Waals surface area contributed by atoms with Crippen LogP contribution < -0.4 is 21.3 Å². The minimum atomic E-state index is -0.110. The monoisotopic (exact) mass is 376 g/mol. The molecular weight excluding hydrogens is 352 g/mol. The Morgan fingerprint density at radius 1 is 1.11 bits per heavy atom. The first-order valence-corrected chi connectivity index (χ1v) is 9.07. The Balaban J connectivity index is 1.87. The lowest BCUT2D eigenvalue weighted by Gasteiger charge is -2.24. The maximum Gasteiger partial charge on any atom is 0.221 e. The lowest BCUT2D eigenvalue weighted by atomic mass is 10.2. The van der Waals surface area contributed by atoms with Crippen molar-refractivity contribution in [2.24, 2.45) is 0 Å². The summed E-state index contributed by atoms with van der Waals surface area (Å²) in [4.78, 5) is 21.9. The molecule has 0 unspecified atom stereocenters. The molecule has 3 rings (SSSR count). The van der Waals surface area contributed by atoms with Crippen LogP contribution in [0.1, 0.15) is 19.4 Å². The van der Waals surface area contributed by atoms with Crippen LogP contribution in [-0.4, -0.2) is 22.4 Å². The van der Waals surface area contributed by atoms with Crippen LogP contribution in [0.3, 0.4) is 0 Å². The Bertz CT molecular complexity index is 971. The van der Waals surface area contributed by atoms with Gasteiger partial charge >= 0.3 is 0 Å². The van der Waals surface area contributed by atoms with Gasteiger partial charge in [0.05, 0.1) is 0 Å². The molecule has 1 aromatic heterocycles. The molecule has 0 aliphatic carbocycles. The molecule has 0 saturated heterocycles. The van der Waals surface area contributed by atoms with Gasteiger partial charge in [-0.25, -0.2) is 9.97 Å². The number of anilines is 6. The summed E-state index contributed by atoms with van der Waals surface area (Å²) in [5, 5.41) is 5.96. The molecule has 28 heavy (non-hydrogen) atoms. The number of rotatable bonds is 6. The average molecular weight is 376 g/mol. The molecule has 4 N–H and O–H groups in total. The summed E-state index contributed by atoms with van der Waals surface area (Å²) in [6.45, 7) is 6.30. The van der Waals surface area contributed by atoms with Gasteiger partial charge in [-0.1, -0.05) is 12.1 Å². The average Bonchev–Trinajstić information content (AvgIpc) is 2.66. The highest BCUT2D eigenvalue weighted by Gasteiger charge is 2.16. The van der Waals surface area contributed by atoms with E-state index in [1.807, 2.05) is 36.4 Å². The first kappa shape index (κ1) is 19.2. The second-order valence-electron chi connectivity index (χ2n) is 6.43. The van der Waals surface area contributed by atoms with Gasteiger partial charge in [0.15, 0.2) is 11.6 Å². The molecule has 7 nitrogen and oxygen atoms in total. The van der Waals surface area contributed by atoms with E-state index in [-0.39, 0.29) is 5.91 Å². The van der Waals surface area contributed by atoms with Gasteiger partial charge in [-0.15, -0.1) is 0 Å². The van der Waals surface area contributed by atoms with E-state index in [0.717, 1.165) is 23.6 Å². The number of carbonyl (C=O) groups excluding carboxylic acids is 1. The maximum atomic E-state index is 11.1. The third-order valence-corrected chi connectivity index (χ3v) is 4.22. The maximum absolute atomic E-state index is 11.1. The van der Waals surface area contributed by atoms with Crippen molar-refractivity contribution in [1.82, 2.24) is 9.97 Å². The third-order valence-electron chi connectivity index (χ3n) is 4.22. The topological polar surface area (TPSA) is 96.2 Å². The van der Waals surface area contributed by atoms with E-state index in [1.165, 1.54) is 18.8 Å². The molecule has 0 spiro atoms. The standard InChI is InChI=1S/C21H24N6O/c1-4-27(18-7-5-6-14(2)12-18)21-19(22)20(23-13-24-21)26-17-10-8-16(9-11-17)25-15(3)28/h5-13H,4,22H2,1-3H3,(H,25,28)(H,23,24,26). The van der Waals surface area contributed by atoms with Crippen molar-refractivity contribution in [2.45, 2.75) is 20.8 Å². The molecule has 1 amide bonds. The number of nitrogens with zero attached hydrogens (tertiary/aromatic N) is 3. The Morgan fingerprint density at radius 2 is 1.82 bits per heavy atom. The number of nitrogens with one attached hydrogen (secondary N) is 2. The third kappa shape index (κ3) is 4.37.